The van der Waals surface area contributed by atoms with Gasteiger partial charge in [-0.05, 0) is 45.2 Å². The van der Waals surface area contributed by atoms with E-state index in [4.69, 9.17) is 4.74 Å². The first-order chi connectivity index (χ1) is 15.6. The minimum Gasteiger partial charge on any atom is -0.444 e. The number of hydrogen-bond acceptors (Lipinski definition) is 5. The number of nitrogens with one attached hydrogen (secondary N) is 2. The average molecular weight is 462 g/mol. The number of aliphatic hydroxyl groups excluding tert-OH is 1. The van der Waals surface area contributed by atoms with E-state index in [9.17, 15) is 19.5 Å². The second kappa shape index (κ2) is 13.6. The summed E-state index contributed by atoms with van der Waals surface area (Å²) in [6.45, 7) is 12.7. The molecule has 1 aromatic rings. The number of amides is 3. The first-order valence-corrected chi connectivity index (χ1v) is 11.4. The standard InChI is InChI=1S/C25H39N3O5/c1-7-9-12-15-26-22(30)21(19-14-11-10-13-18(19)3)28(16-8-2)23(31)20(17-29)27-24(32)33-25(4,5)6/h8,10-11,13-14,20-21,29H,2,7,9,12,15-17H2,1,3-6H3,(H,26,30)(H,27,32). The van der Waals surface area contributed by atoms with Crippen molar-refractivity contribution in [3.8, 4) is 0 Å². The predicted molar refractivity (Wildman–Crippen MR) is 129 cm³/mol. The van der Waals surface area contributed by atoms with Crippen LogP contribution in [0.5, 0.6) is 0 Å². The Hall–Kier alpha value is -2.87. The fraction of sp³-hybridized carbons (Fsp3) is 0.560. The number of unbranched alkanes of at least 4 members (excludes halogenated alkanes) is 2. The van der Waals surface area contributed by atoms with Gasteiger partial charge in [0.15, 0.2) is 0 Å². The number of benzene rings is 1. The molecule has 2 unspecified atom stereocenters. The molecule has 33 heavy (non-hydrogen) atoms. The molecule has 0 radical (unpaired) electrons. The van der Waals surface area contributed by atoms with Crippen molar-refractivity contribution in [2.75, 3.05) is 19.7 Å². The van der Waals surface area contributed by atoms with Gasteiger partial charge in [0.05, 0.1) is 6.61 Å². The maximum Gasteiger partial charge on any atom is 0.408 e. The van der Waals surface area contributed by atoms with Gasteiger partial charge in [-0.2, -0.15) is 0 Å². The Labute approximate surface area is 197 Å². The van der Waals surface area contributed by atoms with E-state index in [0.717, 1.165) is 24.8 Å². The van der Waals surface area contributed by atoms with E-state index >= 15 is 0 Å². The Balaban J connectivity index is 3.26. The lowest BCUT2D eigenvalue weighted by atomic mass is 9.98. The van der Waals surface area contributed by atoms with Crippen LogP contribution in [-0.2, 0) is 14.3 Å². The van der Waals surface area contributed by atoms with Crippen molar-refractivity contribution in [1.82, 2.24) is 15.5 Å². The fourth-order valence-electron chi connectivity index (χ4n) is 3.32. The van der Waals surface area contributed by atoms with Gasteiger partial charge in [0, 0.05) is 13.1 Å². The van der Waals surface area contributed by atoms with E-state index in [1.165, 1.54) is 11.0 Å². The van der Waals surface area contributed by atoms with Crippen molar-refractivity contribution in [2.24, 2.45) is 0 Å². The molecule has 0 fully saturated rings. The molecule has 2 atom stereocenters. The van der Waals surface area contributed by atoms with E-state index in [2.05, 4.69) is 24.1 Å². The molecule has 0 heterocycles. The molecule has 0 aromatic heterocycles. The summed E-state index contributed by atoms with van der Waals surface area (Å²) >= 11 is 0. The molecule has 184 valence electrons. The SMILES string of the molecule is C=CCN(C(=O)C(CO)NC(=O)OC(C)(C)C)C(C(=O)NCCCCC)c1ccccc1C. The van der Waals surface area contributed by atoms with Crippen LogP contribution in [0.1, 0.15) is 64.1 Å². The minimum absolute atomic E-state index is 0.0483. The number of rotatable bonds is 12. The maximum atomic E-state index is 13.4. The zero-order valence-corrected chi connectivity index (χ0v) is 20.5. The summed E-state index contributed by atoms with van der Waals surface area (Å²) in [6.07, 6.45) is 3.52. The van der Waals surface area contributed by atoms with Gasteiger partial charge in [-0.15, -0.1) is 6.58 Å². The first-order valence-electron chi connectivity index (χ1n) is 11.4. The number of hydrogen-bond donors (Lipinski definition) is 3. The number of aliphatic hydroxyl groups is 1. The van der Waals surface area contributed by atoms with E-state index in [-0.39, 0.29) is 12.5 Å². The molecule has 3 N–H and O–H groups in total. The summed E-state index contributed by atoms with van der Waals surface area (Å²) in [6, 6.07) is 5.09. The molecule has 8 heteroatoms. The van der Waals surface area contributed by atoms with Gasteiger partial charge in [0.25, 0.3) is 0 Å². The lowest BCUT2D eigenvalue weighted by Crippen LogP contribution is -2.54. The largest absolute Gasteiger partial charge is 0.444 e. The second-order valence-electron chi connectivity index (χ2n) is 8.92. The third-order valence-corrected chi connectivity index (χ3v) is 4.90. The van der Waals surface area contributed by atoms with Gasteiger partial charge in [0.1, 0.15) is 17.7 Å². The maximum absolute atomic E-state index is 13.4. The van der Waals surface area contributed by atoms with Crippen LogP contribution in [0.4, 0.5) is 4.79 Å². The third kappa shape index (κ3) is 9.26. The highest BCUT2D eigenvalue weighted by atomic mass is 16.6. The molecule has 0 spiro atoms. The number of carbonyl (C=O) groups is 3. The smallest absolute Gasteiger partial charge is 0.408 e. The average Bonchev–Trinajstić information content (AvgIpc) is 2.74. The van der Waals surface area contributed by atoms with Crippen molar-refractivity contribution < 1.29 is 24.2 Å². The summed E-state index contributed by atoms with van der Waals surface area (Å²) < 4.78 is 5.22. The van der Waals surface area contributed by atoms with Gasteiger partial charge in [-0.25, -0.2) is 4.79 Å². The van der Waals surface area contributed by atoms with Crippen molar-refractivity contribution >= 4 is 17.9 Å². The summed E-state index contributed by atoms with van der Waals surface area (Å²) in [5.41, 5.74) is 0.735. The van der Waals surface area contributed by atoms with Crippen LogP contribution in [0, 0.1) is 6.92 Å². The molecular weight excluding hydrogens is 422 g/mol. The van der Waals surface area contributed by atoms with Crippen LogP contribution < -0.4 is 10.6 Å². The van der Waals surface area contributed by atoms with Gasteiger partial charge in [0.2, 0.25) is 11.8 Å². The van der Waals surface area contributed by atoms with Crippen LogP contribution in [0.2, 0.25) is 0 Å². The number of ether oxygens (including phenoxy) is 1. The molecule has 1 aromatic carbocycles. The summed E-state index contributed by atoms with van der Waals surface area (Å²) in [5, 5.41) is 15.2. The lowest BCUT2D eigenvalue weighted by molar-refractivity contribution is -0.142. The molecule has 0 aliphatic heterocycles. The fourth-order valence-corrected chi connectivity index (χ4v) is 3.32. The van der Waals surface area contributed by atoms with E-state index < -0.39 is 36.3 Å². The highest BCUT2D eigenvalue weighted by Crippen LogP contribution is 2.25. The first kappa shape index (κ1) is 28.2. The number of nitrogens with zero attached hydrogens (tertiary/aromatic N) is 1. The molecule has 0 bridgehead atoms. The van der Waals surface area contributed by atoms with Crippen molar-refractivity contribution in [3.63, 3.8) is 0 Å². The molecule has 0 saturated heterocycles. The summed E-state index contributed by atoms with van der Waals surface area (Å²) in [7, 11) is 0. The number of carbonyl (C=O) groups excluding carboxylic acids is 3. The summed E-state index contributed by atoms with van der Waals surface area (Å²) in [5.74, 6) is -0.940. The summed E-state index contributed by atoms with van der Waals surface area (Å²) in [4.78, 5) is 40.3. The number of alkyl carbamates (subject to hydrolysis) is 1. The van der Waals surface area contributed by atoms with Crippen LogP contribution >= 0.6 is 0 Å². The van der Waals surface area contributed by atoms with Crippen molar-refractivity contribution in [2.45, 2.75) is 71.6 Å². The van der Waals surface area contributed by atoms with Crippen molar-refractivity contribution in [3.05, 3.63) is 48.0 Å². The predicted octanol–water partition coefficient (Wildman–Crippen LogP) is 3.24. The van der Waals surface area contributed by atoms with Crippen molar-refractivity contribution in [1.29, 1.82) is 0 Å². The van der Waals surface area contributed by atoms with Crippen LogP contribution in [0.25, 0.3) is 0 Å². The molecule has 8 nitrogen and oxygen atoms in total. The van der Waals surface area contributed by atoms with E-state index in [0.29, 0.717) is 12.1 Å². The van der Waals surface area contributed by atoms with Crippen LogP contribution in [-0.4, -0.2) is 59.3 Å². The Kier molecular flexibility index (Phi) is 11.6. The normalized spacial score (nSPS) is 12.9. The van der Waals surface area contributed by atoms with E-state index in [1.807, 2.05) is 19.1 Å². The quantitative estimate of drug-likeness (QED) is 0.327. The highest BCUT2D eigenvalue weighted by Gasteiger charge is 2.36. The highest BCUT2D eigenvalue weighted by molar-refractivity contribution is 5.92. The third-order valence-electron chi connectivity index (χ3n) is 4.90. The number of aryl methyl sites for hydroxylation is 1. The van der Waals surface area contributed by atoms with Gasteiger partial charge in [-0.1, -0.05) is 50.1 Å². The molecule has 0 aliphatic rings. The molecule has 0 saturated carbocycles. The van der Waals surface area contributed by atoms with E-state index in [1.54, 1.807) is 32.9 Å². The monoisotopic (exact) mass is 461 g/mol. The van der Waals surface area contributed by atoms with Crippen LogP contribution in [0.3, 0.4) is 0 Å². The van der Waals surface area contributed by atoms with Gasteiger partial charge >= 0.3 is 6.09 Å². The second-order valence-corrected chi connectivity index (χ2v) is 8.92. The zero-order valence-electron chi connectivity index (χ0n) is 20.5. The molecule has 1 rings (SSSR count). The Morgan fingerprint density at radius 2 is 1.88 bits per heavy atom. The lowest BCUT2D eigenvalue weighted by Gasteiger charge is -2.34. The van der Waals surface area contributed by atoms with Crippen LogP contribution in [0.15, 0.2) is 36.9 Å². The topological polar surface area (TPSA) is 108 Å². The van der Waals surface area contributed by atoms with Gasteiger partial charge in [-0.3, -0.25) is 9.59 Å². The Bertz CT molecular complexity index is 803. The Morgan fingerprint density at radius 1 is 1.21 bits per heavy atom. The molecular formula is C25H39N3O5. The zero-order chi connectivity index (χ0) is 25.0. The molecule has 0 aliphatic carbocycles. The van der Waals surface area contributed by atoms with Gasteiger partial charge < -0.3 is 25.4 Å². The minimum atomic E-state index is -1.28. The molecule has 3 amide bonds. The Morgan fingerprint density at radius 3 is 2.42 bits per heavy atom.